The van der Waals surface area contributed by atoms with Gasteiger partial charge in [0, 0.05) is 11.1 Å². The molecule has 0 radical (unpaired) electrons. The molecule has 1 aliphatic rings. The van der Waals surface area contributed by atoms with Crippen molar-refractivity contribution in [2.24, 2.45) is 17.1 Å². The lowest BCUT2D eigenvalue weighted by Gasteiger charge is -2.56. The van der Waals surface area contributed by atoms with Crippen molar-refractivity contribution < 1.29 is 0 Å². The Labute approximate surface area is 96.6 Å². The molecule has 0 saturated heterocycles. The molecular formula is C13H18ClN. The van der Waals surface area contributed by atoms with Crippen LogP contribution in [0.2, 0.25) is 5.02 Å². The van der Waals surface area contributed by atoms with E-state index in [2.05, 4.69) is 32.9 Å². The standard InChI is InChI=1S/C13H18ClN/c1-8-11(13(2,3)12(8)15)9-4-6-10(14)7-5-9/h4-8,11-12H,15H2,1-3H3. The quantitative estimate of drug-likeness (QED) is 0.776. The summed E-state index contributed by atoms with van der Waals surface area (Å²) in [6, 6.07) is 8.47. The van der Waals surface area contributed by atoms with Gasteiger partial charge in [0.25, 0.3) is 0 Å². The van der Waals surface area contributed by atoms with Crippen LogP contribution in [-0.4, -0.2) is 6.04 Å². The average molecular weight is 224 g/mol. The zero-order valence-electron chi connectivity index (χ0n) is 9.50. The van der Waals surface area contributed by atoms with E-state index in [9.17, 15) is 0 Å². The highest BCUT2D eigenvalue weighted by Crippen LogP contribution is 2.55. The smallest absolute Gasteiger partial charge is 0.0406 e. The molecule has 0 aromatic heterocycles. The van der Waals surface area contributed by atoms with E-state index in [0.717, 1.165) is 5.02 Å². The van der Waals surface area contributed by atoms with Crippen LogP contribution in [0.4, 0.5) is 0 Å². The normalized spacial score (nSPS) is 33.5. The van der Waals surface area contributed by atoms with Gasteiger partial charge in [0.1, 0.15) is 0 Å². The lowest BCUT2D eigenvalue weighted by molar-refractivity contribution is 0.0255. The van der Waals surface area contributed by atoms with Crippen LogP contribution in [0.1, 0.15) is 32.3 Å². The highest BCUT2D eigenvalue weighted by atomic mass is 35.5. The van der Waals surface area contributed by atoms with E-state index in [-0.39, 0.29) is 5.41 Å². The van der Waals surface area contributed by atoms with Gasteiger partial charge >= 0.3 is 0 Å². The minimum Gasteiger partial charge on any atom is -0.327 e. The van der Waals surface area contributed by atoms with Crippen LogP contribution in [0.15, 0.2) is 24.3 Å². The predicted octanol–water partition coefficient (Wildman–Crippen LogP) is 3.43. The van der Waals surface area contributed by atoms with E-state index in [1.807, 2.05) is 12.1 Å². The van der Waals surface area contributed by atoms with Crippen molar-refractivity contribution in [3.05, 3.63) is 34.9 Å². The van der Waals surface area contributed by atoms with E-state index < -0.39 is 0 Å². The molecule has 0 aliphatic heterocycles. The zero-order valence-corrected chi connectivity index (χ0v) is 10.3. The van der Waals surface area contributed by atoms with Crippen LogP contribution in [-0.2, 0) is 0 Å². The van der Waals surface area contributed by atoms with E-state index in [0.29, 0.717) is 17.9 Å². The van der Waals surface area contributed by atoms with Crippen LogP contribution in [0.5, 0.6) is 0 Å². The summed E-state index contributed by atoms with van der Waals surface area (Å²) >= 11 is 5.89. The summed E-state index contributed by atoms with van der Waals surface area (Å²) in [5.74, 6) is 1.12. The largest absolute Gasteiger partial charge is 0.327 e. The molecule has 1 aromatic carbocycles. The first-order chi connectivity index (χ1) is 6.94. The van der Waals surface area contributed by atoms with E-state index >= 15 is 0 Å². The van der Waals surface area contributed by atoms with Gasteiger partial charge in [-0.25, -0.2) is 0 Å². The van der Waals surface area contributed by atoms with Crippen molar-refractivity contribution in [1.29, 1.82) is 0 Å². The fourth-order valence-electron chi connectivity index (χ4n) is 3.05. The zero-order chi connectivity index (χ0) is 11.2. The second kappa shape index (κ2) is 3.50. The minimum atomic E-state index is 0.202. The Balaban J connectivity index is 2.29. The first-order valence-electron chi connectivity index (χ1n) is 5.45. The molecule has 2 N–H and O–H groups in total. The molecule has 0 heterocycles. The summed E-state index contributed by atoms with van der Waals surface area (Å²) < 4.78 is 0. The number of hydrogen-bond acceptors (Lipinski definition) is 1. The van der Waals surface area contributed by atoms with Crippen molar-refractivity contribution in [2.45, 2.75) is 32.7 Å². The molecule has 3 atom stereocenters. The molecule has 1 aliphatic carbocycles. The third-order valence-electron chi connectivity index (χ3n) is 3.98. The topological polar surface area (TPSA) is 26.0 Å². The molecule has 1 aromatic rings. The van der Waals surface area contributed by atoms with Gasteiger partial charge in [-0.15, -0.1) is 0 Å². The summed E-state index contributed by atoms with van der Waals surface area (Å²) in [7, 11) is 0. The molecule has 1 fully saturated rings. The van der Waals surface area contributed by atoms with E-state index in [4.69, 9.17) is 17.3 Å². The lowest BCUT2D eigenvalue weighted by atomic mass is 9.51. The monoisotopic (exact) mass is 223 g/mol. The maximum Gasteiger partial charge on any atom is 0.0406 e. The van der Waals surface area contributed by atoms with Crippen molar-refractivity contribution in [2.75, 3.05) is 0 Å². The summed E-state index contributed by atoms with van der Waals surface area (Å²) in [6.45, 7) is 6.73. The van der Waals surface area contributed by atoms with Crippen molar-refractivity contribution in [3.63, 3.8) is 0 Å². The fourth-order valence-corrected chi connectivity index (χ4v) is 3.18. The molecule has 3 unspecified atom stereocenters. The lowest BCUT2D eigenvalue weighted by Crippen LogP contribution is -2.59. The number of halogens is 1. The SMILES string of the molecule is CC1C(N)C(C)(C)C1c1ccc(Cl)cc1. The third kappa shape index (κ3) is 1.58. The molecular weight excluding hydrogens is 206 g/mol. The van der Waals surface area contributed by atoms with Crippen molar-refractivity contribution >= 4 is 11.6 Å². The second-order valence-corrected chi connectivity index (χ2v) is 5.67. The summed E-state index contributed by atoms with van der Waals surface area (Å²) in [6.07, 6.45) is 0. The van der Waals surface area contributed by atoms with Gasteiger partial charge in [-0.2, -0.15) is 0 Å². The van der Waals surface area contributed by atoms with Crippen molar-refractivity contribution in [1.82, 2.24) is 0 Å². The Hall–Kier alpha value is -0.530. The van der Waals surface area contributed by atoms with Gasteiger partial charge in [-0.3, -0.25) is 0 Å². The van der Waals surface area contributed by atoms with Crippen LogP contribution in [0.25, 0.3) is 0 Å². The van der Waals surface area contributed by atoms with Gasteiger partial charge in [-0.05, 0) is 34.9 Å². The Bertz CT molecular complexity index is 355. The number of hydrogen-bond donors (Lipinski definition) is 1. The Kier molecular flexibility index (Phi) is 2.56. The third-order valence-corrected chi connectivity index (χ3v) is 4.23. The predicted molar refractivity (Wildman–Crippen MR) is 65.1 cm³/mol. The molecule has 0 spiro atoms. The van der Waals surface area contributed by atoms with Crippen molar-refractivity contribution in [3.8, 4) is 0 Å². The van der Waals surface area contributed by atoms with Gasteiger partial charge in [0.05, 0.1) is 0 Å². The highest BCUT2D eigenvalue weighted by Gasteiger charge is 2.52. The van der Waals surface area contributed by atoms with Crippen LogP contribution < -0.4 is 5.73 Å². The second-order valence-electron chi connectivity index (χ2n) is 5.24. The maximum absolute atomic E-state index is 6.13. The summed E-state index contributed by atoms with van der Waals surface area (Å²) in [5.41, 5.74) is 7.69. The molecule has 15 heavy (non-hydrogen) atoms. The van der Waals surface area contributed by atoms with Gasteiger partial charge in [0.15, 0.2) is 0 Å². The van der Waals surface area contributed by atoms with Crippen LogP contribution in [0.3, 0.4) is 0 Å². The minimum absolute atomic E-state index is 0.202. The Morgan fingerprint density at radius 3 is 2.20 bits per heavy atom. The van der Waals surface area contributed by atoms with Gasteiger partial charge < -0.3 is 5.73 Å². The molecule has 2 rings (SSSR count). The fraction of sp³-hybridized carbons (Fsp3) is 0.538. The van der Waals surface area contributed by atoms with E-state index in [1.54, 1.807) is 0 Å². The summed E-state index contributed by atoms with van der Waals surface area (Å²) in [4.78, 5) is 0. The molecule has 82 valence electrons. The molecule has 0 amide bonds. The molecule has 1 saturated carbocycles. The molecule has 0 bridgehead atoms. The molecule has 2 heteroatoms. The number of nitrogens with two attached hydrogens (primary N) is 1. The first kappa shape index (κ1) is 11.0. The number of benzene rings is 1. The van der Waals surface area contributed by atoms with E-state index in [1.165, 1.54) is 5.56 Å². The van der Waals surface area contributed by atoms with Gasteiger partial charge in [-0.1, -0.05) is 44.5 Å². The average Bonchev–Trinajstić information content (AvgIpc) is 2.20. The molecule has 1 nitrogen and oxygen atoms in total. The number of rotatable bonds is 1. The summed E-state index contributed by atoms with van der Waals surface area (Å²) in [5, 5.41) is 0.799. The first-order valence-corrected chi connectivity index (χ1v) is 5.83. The Morgan fingerprint density at radius 1 is 1.20 bits per heavy atom. The van der Waals surface area contributed by atoms with Crippen LogP contribution in [0, 0.1) is 11.3 Å². The Morgan fingerprint density at radius 2 is 1.73 bits per heavy atom. The highest BCUT2D eigenvalue weighted by molar-refractivity contribution is 6.30. The van der Waals surface area contributed by atoms with Gasteiger partial charge in [0.2, 0.25) is 0 Å². The maximum atomic E-state index is 6.13. The van der Waals surface area contributed by atoms with Crippen LogP contribution >= 0.6 is 11.6 Å².